The average molecular weight is 469 g/mol. The van der Waals surface area contributed by atoms with Gasteiger partial charge in [-0.25, -0.2) is 4.79 Å². The van der Waals surface area contributed by atoms with Crippen molar-refractivity contribution in [1.82, 2.24) is 4.90 Å². The third-order valence-electron chi connectivity index (χ3n) is 4.95. The molecule has 8 heteroatoms. The van der Waals surface area contributed by atoms with Crippen LogP contribution in [0.25, 0.3) is 0 Å². The number of carbonyl (C=O) groups excluding carboxylic acids is 2. The lowest BCUT2D eigenvalue weighted by Gasteiger charge is -2.30. The molecule has 1 aromatic carbocycles. The summed E-state index contributed by atoms with van der Waals surface area (Å²) in [5, 5.41) is 3.57. The maximum absolute atomic E-state index is 12.8. The van der Waals surface area contributed by atoms with Crippen LogP contribution in [0.15, 0.2) is 29.2 Å². The van der Waals surface area contributed by atoms with E-state index >= 15 is 0 Å². The van der Waals surface area contributed by atoms with Crippen LogP contribution in [0.1, 0.15) is 58.9 Å². The van der Waals surface area contributed by atoms with Crippen LogP contribution in [-0.4, -0.2) is 41.7 Å². The first-order valence-electron chi connectivity index (χ1n) is 10.0. The van der Waals surface area contributed by atoms with Crippen molar-refractivity contribution >= 4 is 52.4 Å². The van der Waals surface area contributed by atoms with Crippen LogP contribution in [0.5, 0.6) is 0 Å². The highest BCUT2D eigenvalue weighted by atomic mass is 35.5. The molecule has 0 aliphatic carbocycles. The van der Waals surface area contributed by atoms with Crippen molar-refractivity contribution < 1.29 is 14.3 Å². The highest BCUT2D eigenvalue weighted by Crippen LogP contribution is 2.38. The van der Waals surface area contributed by atoms with E-state index in [0.29, 0.717) is 28.8 Å². The predicted molar refractivity (Wildman–Crippen MR) is 128 cm³/mol. The first-order valence-corrected chi connectivity index (χ1v) is 11.8. The molecule has 1 amide bonds. The molecule has 0 spiro atoms. The first kappa shape index (κ1) is 24.7. The number of carbonyl (C=O) groups is 2. The Kier molecular flexibility index (Phi) is 9.22. The minimum Gasteiger partial charge on any atom is -0.462 e. The van der Waals surface area contributed by atoms with E-state index in [2.05, 4.69) is 31.0 Å². The molecule has 0 radical (unpaired) electrons. The van der Waals surface area contributed by atoms with Gasteiger partial charge in [-0.3, -0.25) is 9.69 Å². The van der Waals surface area contributed by atoms with Crippen LogP contribution in [0, 0.1) is 0 Å². The van der Waals surface area contributed by atoms with E-state index in [-0.39, 0.29) is 24.3 Å². The van der Waals surface area contributed by atoms with Crippen molar-refractivity contribution in [2.45, 2.75) is 51.6 Å². The number of nitrogens with one attached hydrogen (secondary N) is 1. The van der Waals surface area contributed by atoms with Crippen LogP contribution in [0.2, 0.25) is 0 Å². The van der Waals surface area contributed by atoms with E-state index in [1.165, 1.54) is 11.3 Å². The van der Waals surface area contributed by atoms with Crippen molar-refractivity contribution in [2.75, 3.05) is 24.2 Å². The van der Waals surface area contributed by atoms with E-state index in [4.69, 9.17) is 4.74 Å². The number of benzene rings is 1. The molecule has 1 aliphatic rings. The Bertz CT molecular complexity index is 881. The molecule has 0 atom stereocenters. The highest BCUT2D eigenvalue weighted by Gasteiger charge is 2.30. The molecule has 1 aliphatic heterocycles. The fraction of sp³-hybridized carbons (Fsp3) is 0.455. The molecule has 3 rings (SSSR count). The molecule has 164 valence electrons. The molecule has 0 unspecified atom stereocenters. The van der Waals surface area contributed by atoms with Crippen molar-refractivity contribution in [3.63, 3.8) is 0 Å². The van der Waals surface area contributed by atoms with E-state index in [1.54, 1.807) is 18.7 Å². The monoisotopic (exact) mass is 468 g/mol. The minimum absolute atomic E-state index is 0. The number of hydrogen-bond donors (Lipinski definition) is 1. The normalized spacial score (nSPS) is 13.5. The molecule has 1 N–H and O–H groups in total. The minimum atomic E-state index is -0.354. The van der Waals surface area contributed by atoms with Crippen LogP contribution in [0.3, 0.4) is 0 Å². The lowest BCUT2D eigenvalue weighted by Crippen LogP contribution is -2.35. The maximum Gasteiger partial charge on any atom is 0.341 e. The van der Waals surface area contributed by atoms with Crippen molar-refractivity contribution in [3.8, 4) is 0 Å². The maximum atomic E-state index is 12.8. The van der Waals surface area contributed by atoms with Gasteiger partial charge >= 0.3 is 5.97 Å². The van der Waals surface area contributed by atoms with Gasteiger partial charge in [-0.15, -0.1) is 35.5 Å². The van der Waals surface area contributed by atoms with Gasteiger partial charge in [0.15, 0.2) is 0 Å². The summed E-state index contributed by atoms with van der Waals surface area (Å²) < 4.78 is 5.30. The second kappa shape index (κ2) is 11.2. The molecule has 2 heterocycles. The number of thioether (sulfide) groups is 1. The third-order valence-corrected chi connectivity index (χ3v) is 6.98. The average Bonchev–Trinajstić information content (AvgIpc) is 3.05. The number of halogens is 1. The quantitative estimate of drug-likeness (QED) is 0.430. The number of hydrogen-bond acceptors (Lipinski definition) is 6. The first-order chi connectivity index (χ1) is 13.9. The van der Waals surface area contributed by atoms with Gasteiger partial charge in [0.25, 0.3) is 5.91 Å². The lowest BCUT2D eigenvalue weighted by atomic mass is 10.0. The highest BCUT2D eigenvalue weighted by molar-refractivity contribution is 7.99. The number of rotatable bonds is 7. The van der Waals surface area contributed by atoms with E-state index in [1.807, 2.05) is 24.3 Å². The van der Waals surface area contributed by atoms with Crippen molar-refractivity contribution in [2.24, 2.45) is 0 Å². The molecular formula is C22H29ClN2O3S2. The summed E-state index contributed by atoms with van der Waals surface area (Å²) >= 11 is 3.23. The molecule has 2 aromatic rings. The fourth-order valence-electron chi connectivity index (χ4n) is 3.42. The van der Waals surface area contributed by atoms with Crippen LogP contribution < -0.4 is 5.32 Å². The van der Waals surface area contributed by atoms with Crippen LogP contribution in [-0.2, 0) is 17.7 Å². The summed E-state index contributed by atoms with van der Waals surface area (Å²) in [7, 11) is 0. The molecule has 0 bridgehead atoms. The number of ether oxygens (including phenoxy) is 1. The van der Waals surface area contributed by atoms with Gasteiger partial charge in [0, 0.05) is 34.5 Å². The van der Waals surface area contributed by atoms with Gasteiger partial charge in [-0.2, -0.15) is 0 Å². The molecule has 0 saturated heterocycles. The SMILES string of the molecule is CCOC(=O)c1c(NC(=O)c2ccc(SCC)cc2)sc2c1CCN(C(C)C)C2.Cl. The van der Waals surface area contributed by atoms with Gasteiger partial charge in [0.2, 0.25) is 0 Å². The zero-order valence-electron chi connectivity index (χ0n) is 17.8. The molecular weight excluding hydrogens is 440 g/mol. The molecule has 30 heavy (non-hydrogen) atoms. The smallest absolute Gasteiger partial charge is 0.341 e. The summed E-state index contributed by atoms with van der Waals surface area (Å²) in [4.78, 5) is 30.1. The Morgan fingerprint density at radius 1 is 1.23 bits per heavy atom. The Hall–Kier alpha value is -1.54. The Balaban J connectivity index is 0.00000320. The summed E-state index contributed by atoms with van der Waals surface area (Å²) in [6, 6.07) is 8.00. The van der Waals surface area contributed by atoms with Gasteiger partial charge in [0.05, 0.1) is 12.2 Å². The van der Waals surface area contributed by atoms with Crippen molar-refractivity contribution in [1.29, 1.82) is 0 Å². The number of thiophene rings is 1. The van der Waals surface area contributed by atoms with Gasteiger partial charge < -0.3 is 10.1 Å². The third kappa shape index (κ3) is 5.58. The summed E-state index contributed by atoms with van der Waals surface area (Å²) in [6.45, 7) is 10.3. The van der Waals surface area contributed by atoms with Crippen LogP contribution in [0.4, 0.5) is 5.00 Å². The Labute approximate surface area is 193 Å². The standard InChI is InChI=1S/C22H28N2O3S2.ClH/c1-5-27-22(26)19-17-11-12-24(14(3)4)13-18(17)29-21(19)23-20(25)15-7-9-16(10-8-15)28-6-2;/h7-10,14H,5-6,11-13H2,1-4H3,(H,23,25);1H. The second-order valence-electron chi connectivity index (χ2n) is 7.15. The number of amides is 1. The Morgan fingerprint density at radius 2 is 1.93 bits per heavy atom. The zero-order chi connectivity index (χ0) is 21.0. The molecule has 0 saturated carbocycles. The topological polar surface area (TPSA) is 58.6 Å². The molecule has 0 fully saturated rings. The summed E-state index contributed by atoms with van der Waals surface area (Å²) in [6.07, 6.45) is 0.789. The van der Waals surface area contributed by atoms with E-state index in [9.17, 15) is 9.59 Å². The summed E-state index contributed by atoms with van der Waals surface area (Å²) in [5.41, 5.74) is 2.13. The van der Waals surface area contributed by atoms with Crippen molar-refractivity contribution in [3.05, 3.63) is 45.8 Å². The molecule has 1 aromatic heterocycles. The number of fused-ring (bicyclic) bond motifs is 1. The summed E-state index contributed by atoms with van der Waals surface area (Å²) in [5.74, 6) is 0.429. The number of nitrogens with zero attached hydrogens (tertiary/aromatic N) is 1. The van der Waals surface area contributed by atoms with Gasteiger partial charge in [0.1, 0.15) is 5.00 Å². The van der Waals surface area contributed by atoms with Crippen LogP contribution >= 0.6 is 35.5 Å². The van der Waals surface area contributed by atoms with E-state index < -0.39 is 0 Å². The second-order valence-corrected chi connectivity index (χ2v) is 9.60. The van der Waals surface area contributed by atoms with Gasteiger partial charge in [-0.1, -0.05) is 6.92 Å². The number of esters is 1. The Morgan fingerprint density at radius 3 is 2.53 bits per heavy atom. The lowest BCUT2D eigenvalue weighted by molar-refractivity contribution is 0.0526. The fourth-order valence-corrected chi connectivity index (χ4v) is 5.33. The number of anilines is 1. The largest absolute Gasteiger partial charge is 0.462 e. The zero-order valence-corrected chi connectivity index (χ0v) is 20.3. The molecule has 5 nitrogen and oxygen atoms in total. The predicted octanol–water partition coefficient (Wildman–Crippen LogP) is 5.48. The van der Waals surface area contributed by atoms with Gasteiger partial charge in [-0.05, 0) is 62.8 Å². The van der Waals surface area contributed by atoms with E-state index in [0.717, 1.165) is 40.6 Å².